The van der Waals surface area contributed by atoms with Crippen LogP contribution in [0, 0.1) is 5.82 Å². The topological polar surface area (TPSA) is 24.5 Å². The predicted molar refractivity (Wildman–Crippen MR) is 88.9 cm³/mol. The highest BCUT2D eigenvalue weighted by atomic mass is 19.4. The average molecular weight is 360 g/mol. The third-order valence-corrected chi connectivity index (χ3v) is 4.29. The first kappa shape index (κ1) is 19.7. The van der Waals surface area contributed by atoms with Crippen molar-refractivity contribution in [3.05, 3.63) is 42.2 Å². The summed E-state index contributed by atoms with van der Waals surface area (Å²) in [5.41, 5.74) is 0.266. The van der Waals surface area contributed by atoms with Gasteiger partial charge >= 0.3 is 6.36 Å². The highest BCUT2D eigenvalue weighted by Gasteiger charge is 2.32. The van der Waals surface area contributed by atoms with Gasteiger partial charge in [0.1, 0.15) is 11.6 Å². The smallest absolute Gasteiger partial charge is 0.406 e. The number of nitrogens with zero attached hydrogens (tertiary/aromatic N) is 1. The second kappa shape index (κ2) is 9.20. The summed E-state index contributed by atoms with van der Waals surface area (Å²) in [4.78, 5) is 2.13. The van der Waals surface area contributed by atoms with Crippen LogP contribution in [0.5, 0.6) is 5.75 Å². The molecular formula is C18H24F4N2O. The minimum atomic E-state index is -4.79. The third-order valence-electron chi connectivity index (χ3n) is 4.29. The van der Waals surface area contributed by atoms with Crippen molar-refractivity contribution >= 4 is 0 Å². The molecule has 140 valence electrons. The fraction of sp³-hybridized carbons (Fsp3) is 0.556. The van der Waals surface area contributed by atoms with Crippen molar-refractivity contribution < 1.29 is 22.3 Å². The molecule has 1 aliphatic rings. The van der Waals surface area contributed by atoms with Gasteiger partial charge in [-0.25, -0.2) is 4.39 Å². The van der Waals surface area contributed by atoms with Crippen molar-refractivity contribution in [2.75, 3.05) is 26.2 Å². The normalized spacial score (nSPS) is 17.3. The van der Waals surface area contributed by atoms with E-state index in [0.29, 0.717) is 6.42 Å². The van der Waals surface area contributed by atoms with E-state index in [1.807, 2.05) is 6.08 Å². The number of halogens is 4. The summed E-state index contributed by atoms with van der Waals surface area (Å²) in [7, 11) is 0. The largest absolute Gasteiger partial charge is 0.573 e. The molecule has 1 N–H and O–H groups in total. The lowest BCUT2D eigenvalue weighted by Gasteiger charge is -2.35. The SMILES string of the molecule is C=CCCCC[C@H](c1cc(OC(F)(F)F)ccc1F)N1CCNCC1. The molecule has 1 saturated heterocycles. The Morgan fingerprint density at radius 3 is 2.60 bits per heavy atom. The van der Waals surface area contributed by atoms with Crippen LogP contribution in [0.4, 0.5) is 17.6 Å². The number of alkyl halides is 3. The number of benzene rings is 1. The van der Waals surface area contributed by atoms with Gasteiger partial charge in [-0.1, -0.05) is 12.5 Å². The zero-order valence-electron chi connectivity index (χ0n) is 14.1. The van der Waals surface area contributed by atoms with Crippen LogP contribution in [0.3, 0.4) is 0 Å². The molecule has 1 atom stereocenters. The van der Waals surface area contributed by atoms with E-state index in [9.17, 15) is 17.6 Å². The second-order valence-corrected chi connectivity index (χ2v) is 6.11. The van der Waals surface area contributed by atoms with Crippen molar-refractivity contribution in [2.45, 2.75) is 38.1 Å². The first-order valence-corrected chi connectivity index (χ1v) is 8.51. The van der Waals surface area contributed by atoms with Crippen molar-refractivity contribution in [3.63, 3.8) is 0 Å². The van der Waals surface area contributed by atoms with E-state index >= 15 is 0 Å². The van der Waals surface area contributed by atoms with E-state index in [0.717, 1.165) is 57.6 Å². The number of hydrogen-bond donors (Lipinski definition) is 1. The summed E-state index contributed by atoms with van der Waals surface area (Å²) >= 11 is 0. The number of ether oxygens (including phenoxy) is 1. The van der Waals surface area contributed by atoms with Crippen molar-refractivity contribution in [3.8, 4) is 5.75 Å². The molecule has 1 heterocycles. The molecule has 0 saturated carbocycles. The molecule has 1 aromatic rings. The van der Waals surface area contributed by atoms with Gasteiger partial charge in [0.05, 0.1) is 0 Å². The van der Waals surface area contributed by atoms with E-state index in [-0.39, 0.29) is 17.4 Å². The van der Waals surface area contributed by atoms with Crippen LogP contribution in [0.2, 0.25) is 0 Å². The Hall–Kier alpha value is -1.60. The van der Waals surface area contributed by atoms with E-state index in [1.54, 1.807) is 0 Å². The van der Waals surface area contributed by atoms with Gasteiger partial charge in [-0.15, -0.1) is 19.8 Å². The summed E-state index contributed by atoms with van der Waals surface area (Å²) < 4.78 is 55.8. The molecule has 1 fully saturated rings. The van der Waals surface area contributed by atoms with Gasteiger partial charge < -0.3 is 10.1 Å². The average Bonchev–Trinajstić information content (AvgIpc) is 2.57. The lowest BCUT2D eigenvalue weighted by Crippen LogP contribution is -2.45. The third kappa shape index (κ3) is 6.32. The summed E-state index contributed by atoms with van der Waals surface area (Å²) in [5, 5.41) is 3.23. The molecule has 0 aliphatic carbocycles. The van der Waals surface area contributed by atoms with Crippen molar-refractivity contribution in [1.29, 1.82) is 0 Å². The Labute approximate surface area is 145 Å². The maximum atomic E-state index is 14.4. The lowest BCUT2D eigenvalue weighted by atomic mass is 9.97. The first-order valence-electron chi connectivity index (χ1n) is 8.51. The van der Waals surface area contributed by atoms with Crippen LogP contribution >= 0.6 is 0 Å². The van der Waals surface area contributed by atoms with Gasteiger partial charge in [0.2, 0.25) is 0 Å². The highest BCUT2D eigenvalue weighted by Crippen LogP contribution is 2.33. The molecule has 1 aliphatic heterocycles. The Morgan fingerprint density at radius 1 is 1.24 bits per heavy atom. The van der Waals surface area contributed by atoms with E-state index in [4.69, 9.17) is 0 Å². The molecule has 0 unspecified atom stereocenters. The van der Waals surface area contributed by atoms with E-state index < -0.39 is 12.2 Å². The molecule has 0 radical (unpaired) electrons. The Balaban J connectivity index is 2.21. The summed E-state index contributed by atoms with van der Waals surface area (Å²) in [6.45, 7) is 6.71. The van der Waals surface area contributed by atoms with Crippen LogP contribution in [-0.4, -0.2) is 37.4 Å². The second-order valence-electron chi connectivity index (χ2n) is 6.11. The van der Waals surface area contributed by atoms with Crippen LogP contribution in [0.15, 0.2) is 30.9 Å². The Bertz CT molecular complexity index is 556. The Kier molecular flexibility index (Phi) is 7.25. The zero-order chi connectivity index (χ0) is 18.3. The molecule has 25 heavy (non-hydrogen) atoms. The maximum absolute atomic E-state index is 14.4. The molecule has 1 aromatic carbocycles. The van der Waals surface area contributed by atoms with Gasteiger partial charge in [-0.05, 0) is 37.5 Å². The number of piperazine rings is 1. The molecule has 3 nitrogen and oxygen atoms in total. The van der Waals surface area contributed by atoms with Gasteiger partial charge in [0, 0.05) is 37.8 Å². The first-order chi connectivity index (χ1) is 11.9. The summed E-state index contributed by atoms with van der Waals surface area (Å²) in [6.07, 6.45) is 0.368. The number of rotatable bonds is 8. The predicted octanol–water partition coefficient (Wildman–Crippen LogP) is 4.42. The molecular weight excluding hydrogens is 336 g/mol. The van der Waals surface area contributed by atoms with Crippen LogP contribution in [0.25, 0.3) is 0 Å². The zero-order valence-corrected chi connectivity index (χ0v) is 14.1. The number of hydrogen-bond acceptors (Lipinski definition) is 3. The van der Waals surface area contributed by atoms with Gasteiger partial charge in [0.25, 0.3) is 0 Å². The molecule has 0 amide bonds. The summed E-state index contributed by atoms with van der Waals surface area (Å²) in [6, 6.07) is 2.99. The maximum Gasteiger partial charge on any atom is 0.573 e. The number of unbranched alkanes of at least 4 members (excludes halogenated alkanes) is 2. The minimum absolute atomic E-state index is 0.260. The Morgan fingerprint density at radius 2 is 1.96 bits per heavy atom. The monoisotopic (exact) mass is 360 g/mol. The number of nitrogens with one attached hydrogen (secondary N) is 1. The molecule has 0 bridgehead atoms. The van der Waals surface area contributed by atoms with Crippen LogP contribution in [0.1, 0.15) is 37.3 Å². The molecule has 0 spiro atoms. The van der Waals surface area contributed by atoms with E-state index in [2.05, 4.69) is 21.5 Å². The van der Waals surface area contributed by atoms with Crippen LogP contribution in [-0.2, 0) is 0 Å². The van der Waals surface area contributed by atoms with Crippen LogP contribution < -0.4 is 10.1 Å². The highest BCUT2D eigenvalue weighted by molar-refractivity contribution is 5.32. The fourth-order valence-corrected chi connectivity index (χ4v) is 3.13. The van der Waals surface area contributed by atoms with Gasteiger partial charge in [-0.2, -0.15) is 0 Å². The molecule has 0 aromatic heterocycles. The van der Waals surface area contributed by atoms with E-state index in [1.165, 1.54) is 6.07 Å². The molecule has 7 heteroatoms. The van der Waals surface area contributed by atoms with Gasteiger partial charge in [0.15, 0.2) is 0 Å². The summed E-state index contributed by atoms with van der Waals surface area (Å²) in [5.74, 6) is -0.878. The van der Waals surface area contributed by atoms with Crippen molar-refractivity contribution in [2.24, 2.45) is 0 Å². The number of allylic oxidation sites excluding steroid dienone is 1. The lowest BCUT2D eigenvalue weighted by molar-refractivity contribution is -0.274. The van der Waals surface area contributed by atoms with Crippen molar-refractivity contribution in [1.82, 2.24) is 10.2 Å². The fourth-order valence-electron chi connectivity index (χ4n) is 3.13. The minimum Gasteiger partial charge on any atom is -0.406 e. The molecule has 2 rings (SSSR count). The standard InChI is InChI=1S/C18H24F4N2O/c1-2-3-4-5-6-17(24-11-9-23-10-12-24)15-13-14(7-8-16(15)19)25-18(20,21)22/h2,7-8,13,17,23H,1,3-6,9-12H2/t17-/m1/s1. The quantitative estimate of drug-likeness (QED) is 0.422. The van der Waals surface area contributed by atoms with Gasteiger partial charge in [-0.3, -0.25) is 4.90 Å².